The van der Waals surface area contributed by atoms with E-state index in [1.807, 2.05) is 32.2 Å². The van der Waals surface area contributed by atoms with E-state index in [0.717, 1.165) is 10.6 Å². The van der Waals surface area contributed by atoms with Gasteiger partial charge in [0.25, 0.3) is 0 Å². The van der Waals surface area contributed by atoms with Crippen molar-refractivity contribution in [3.8, 4) is 5.75 Å². The summed E-state index contributed by atoms with van der Waals surface area (Å²) in [5, 5.41) is 12.4. The number of aliphatic hydroxyl groups is 1. The number of likely N-dealkylation sites (tertiary alicyclic amines) is 1. The van der Waals surface area contributed by atoms with Crippen molar-refractivity contribution in [2.75, 3.05) is 20.2 Å². The van der Waals surface area contributed by atoms with E-state index in [1.54, 1.807) is 12.0 Å². The average Bonchev–Trinajstić information content (AvgIpc) is 2.85. The van der Waals surface area contributed by atoms with Gasteiger partial charge in [-0.3, -0.25) is 0 Å². The molecule has 1 N–H and O–H groups in total. The maximum absolute atomic E-state index is 12.0. The molecular weight excluding hydrogens is 302 g/mol. The fourth-order valence-corrected chi connectivity index (χ4v) is 4.20. The summed E-state index contributed by atoms with van der Waals surface area (Å²) in [5.41, 5.74) is -0.462. The Morgan fingerprint density at radius 1 is 1.41 bits per heavy atom. The number of thiophene rings is 1. The van der Waals surface area contributed by atoms with E-state index in [0.29, 0.717) is 24.9 Å². The summed E-state index contributed by atoms with van der Waals surface area (Å²) >= 11 is 1.52. The molecular formula is C16H23NO4S. The monoisotopic (exact) mass is 325 g/mol. The largest absolute Gasteiger partial charge is 0.496 e. The molecule has 2 aliphatic rings. The highest BCUT2D eigenvalue weighted by Gasteiger charge is 2.60. The van der Waals surface area contributed by atoms with Crippen molar-refractivity contribution in [2.24, 2.45) is 17.8 Å². The zero-order valence-electron chi connectivity index (χ0n) is 13.4. The van der Waals surface area contributed by atoms with Crippen LogP contribution in [0.5, 0.6) is 5.75 Å². The number of hydrogen-bond acceptors (Lipinski definition) is 5. The molecule has 2 heterocycles. The van der Waals surface area contributed by atoms with Gasteiger partial charge in [0, 0.05) is 23.3 Å². The topological polar surface area (TPSA) is 59.0 Å². The lowest BCUT2D eigenvalue weighted by atomic mass is 10.1. The molecule has 1 amide bonds. The minimum absolute atomic E-state index is 0.245. The van der Waals surface area contributed by atoms with Crippen LogP contribution in [-0.4, -0.2) is 41.9 Å². The molecule has 22 heavy (non-hydrogen) atoms. The highest BCUT2D eigenvalue weighted by Crippen LogP contribution is 2.58. The second-order valence-corrected chi connectivity index (χ2v) is 8.07. The number of hydrogen-bond donors (Lipinski definition) is 1. The van der Waals surface area contributed by atoms with Crippen molar-refractivity contribution in [3.63, 3.8) is 0 Å². The van der Waals surface area contributed by atoms with E-state index in [1.165, 1.54) is 11.3 Å². The van der Waals surface area contributed by atoms with Crippen molar-refractivity contribution in [3.05, 3.63) is 16.3 Å². The summed E-state index contributed by atoms with van der Waals surface area (Å²) in [5.74, 6) is 1.81. The smallest absolute Gasteiger partial charge is 0.410 e. The van der Waals surface area contributed by atoms with Crippen LogP contribution in [-0.2, 0) is 4.74 Å². The van der Waals surface area contributed by atoms with E-state index >= 15 is 0 Å². The highest BCUT2D eigenvalue weighted by atomic mass is 32.1. The highest BCUT2D eigenvalue weighted by molar-refractivity contribution is 7.10. The van der Waals surface area contributed by atoms with Gasteiger partial charge in [-0.25, -0.2) is 4.79 Å². The van der Waals surface area contributed by atoms with Gasteiger partial charge < -0.3 is 19.5 Å². The van der Waals surface area contributed by atoms with Crippen LogP contribution in [0.15, 0.2) is 11.4 Å². The fraction of sp³-hybridized carbons (Fsp3) is 0.688. The molecule has 1 saturated heterocycles. The third-order valence-corrected chi connectivity index (χ3v) is 5.38. The summed E-state index contributed by atoms with van der Waals surface area (Å²) in [7, 11) is 1.63. The number of methoxy groups -OCH3 is 1. The van der Waals surface area contributed by atoms with Crippen LogP contribution in [0.4, 0.5) is 4.79 Å². The summed E-state index contributed by atoms with van der Waals surface area (Å²) in [4.78, 5) is 14.7. The summed E-state index contributed by atoms with van der Waals surface area (Å²) in [6, 6.07) is 1.90. The lowest BCUT2D eigenvalue weighted by Crippen LogP contribution is -2.37. The fourth-order valence-electron chi connectivity index (χ4n) is 3.30. The lowest BCUT2D eigenvalue weighted by molar-refractivity contribution is 0.0242. The Morgan fingerprint density at radius 2 is 2.05 bits per heavy atom. The summed E-state index contributed by atoms with van der Waals surface area (Å²) in [6.07, 6.45) is -0.699. The molecule has 3 rings (SSSR count). The van der Waals surface area contributed by atoms with E-state index < -0.39 is 11.7 Å². The van der Waals surface area contributed by atoms with Crippen LogP contribution in [0.3, 0.4) is 0 Å². The molecule has 1 aliphatic carbocycles. The van der Waals surface area contributed by atoms with Gasteiger partial charge in [-0.05, 0) is 44.6 Å². The Hall–Kier alpha value is -1.27. The number of ether oxygens (including phenoxy) is 2. The quantitative estimate of drug-likeness (QED) is 0.928. The Balaban J connectivity index is 1.55. The Morgan fingerprint density at radius 3 is 2.55 bits per heavy atom. The first-order chi connectivity index (χ1) is 10.3. The molecule has 1 saturated carbocycles. The van der Waals surface area contributed by atoms with Crippen LogP contribution < -0.4 is 4.74 Å². The van der Waals surface area contributed by atoms with Crippen molar-refractivity contribution < 1.29 is 19.4 Å². The van der Waals surface area contributed by atoms with Gasteiger partial charge in [0.2, 0.25) is 0 Å². The number of piperidine rings is 1. The van der Waals surface area contributed by atoms with Gasteiger partial charge >= 0.3 is 6.09 Å². The van der Waals surface area contributed by atoms with Gasteiger partial charge in [0.1, 0.15) is 11.4 Å². The average molecular weight is 325 g/mol. The SMILES string of the molecule is COc1csc(C(O)C2[C@H]3CN(C(=O)OC(C)(C)C)C[C@@H]23)c1. The number of carbonyl (C=O) groups is 1. The van der Waals surface area contributed by atoms with Crippen LogP contribution in [0, 0.1) is 17.8 Å². The molecule has 2 unspecified atom stereocenters. The molecule has 0 bridgehead atoms. The molecule has 0 spiro atoms. The predicted molar refractivity (Wildman–Crippen MR) is 84.1 cm³/mol. The molecule has 4 atom stereocenters. The van der Waals surface area contributed by atoms with Crippen LogP contribution in [0.1, 0.15) is 31.8 Å². The second-order valence-electron chi connectivity index (χ2n) is 7.12. The third-order valence-electron chi connectivity index (χ3n) is 4.40. The minimum atomic E-state index is -0.462. The van der Waals surface area contributed by atoms with Crippen LogP contribution in [0.2, 0.25) is 0 Å². The minimum Gasteiger partial charge on any atom is -0.496 e. The maximum atomic E-state index is 12.0. The standard InChI is InChI=1S/C16H23NO4S/c1-16(2,3)21-15(19)17-6-10-11(7-17)13(10)14(18)12-5-9(20-4)8-22-12/h5,8,10-11,13-14,18H,6-7H2,1-4H3/t10-,11+,13?,14?. The Bertz CT molecular complexity index is 553. The first kappa shape index (κ1) is 15.6. The number of fused-ring (bicyclic) bond motifs is 1. The predicted octanol–water partition coefficient (Wildman–Crippen LogP) is 2.90. The van der Waals surface area contributed by atoms with Gasteiger partial charge in [0.05, 0.1) is 13.2 Å². The molecule has 2 fully saturated rings. The van der Waals surface area contributed by atoms with Gasteiger partial charge in [-0.15, -0.1) is 11.3 Å². The molecule has 1 aromatic rings. The molecule has 5 nitrogen and oxygen atoms in total. The number of carbonyl (C=O) groups excluding carboxylic acids is 1. The first-order valence-electron chi connectivity index (χ1n) is 7.58. The molecule has 6 heteroatoms. The van der Waals surface area contributed by atoms with Crippen molar-refractivity contribution in [1.29, 1.82) is 0 Å². The van der Waals surface area contributed by atoms with Crippen molar-refractivity contribution in [1.82, 2.24) is 4.90 Å². The first-order valence-corrected chi connectivity index (χ1v) is 8.46. The van der Waals surface area contributed by atoms with Gasteiger partial charge in [-0.2, -0.15) is 0 Å². The Kier molecular flexibility index (Phi) is 3.85. The normalized spacial score (nSPS) is 28.2. The van der Waals surface area contributed by atoms with Crippen molar-refractivity contribution in [2.45, 2.75) is 32.5 Å². The van der Waals surface area contributed by atoms with E-state index in [2.05, 4.69) is 0 Å². The van der Waals surface area contributed by atoms with E-state index in [-0.39, 0.29) is 12.0 Å². The second kappa shape index (κ2) is 5.42. The van der Waals surface area contributed by atoms with Crippen LogP contribution in [0.25, 0.3) is 0 Å². The zero-order chi connectivity index (χ0) is 16.1. The zero-order valence-corrected chi connectivity index (χ0v) is 14.2. The van der Waals surface area contributed by atoms with E-state index in [9.17, 15) is 9.90 Å². The van der Waals surface area contributed by atoms with Gasteiger partial charge in [-0.1, -0.05) is 0 Å². The lowest BCUT2D eigenvalue weighted by Gasteiger charge is -2.26. The molecule has 0 radical (unpaired) electrons. The maximum Gasteiger partial charge on any atom is 0.410 e. The van der Waals surface area contributed by atoms with Crippen LogP contribution >= 0.6 is 11.3 Å². The summed E-state index contributed by atoms with van der Waals surface area (Å²) in [6.45, 7) is 6.99. The third kappa shape index (κ3) is 2.94. The van der Waals surface area contributed by atoms with Gasteiger partial charge in [0.15, 0.2) is 0 Å². The summed E-state index contributed by atoms with van der Waals surface area (Å²) < 4.78 is 10.6. The van der Waals surface area contributed by atoms with Crippen molar-refractivity contribution >= 4 is 17.4 Å². The molecule has 1 aliphatic heterocycles. The Labute approximate surface area is 134 Å². The number of aliphatic hydroxyl groups excluding tert-OH is 1. The molecule has 122 valence electrons. The molecule has 1 aromatic heterocycles. The molecule has 0 aromatic carbocycles. The number of amides is 1. The number of rotatable bonds is 3. The number of nitrogens with zero attached hydrogens (tertiary/aromatic N) is 1. The van der Waals surface area contributed by atoms with E-state index in [4.69, 9.17) is 9.47 Å².